The molecule has 1 aliphatic rings. The summed E-state index contributed by atoms with van der Waals surface area (Å²) in [5.74, 6) is -0.325. The van der Waals surface area contributed by atoms with Crippen molar-refractivity contribution in [2.75, 3.05) is 0 Å². The zero-order chi connectivity index (χ0) is 17.3. The van der Waals surface area contributed by atoms with E-state index in [9.17, 15) is 13.2 Å². The molecule has 0 fully saturated rings. The van der Waals surface area contributed by atoms with E-state index in [2.05, 4.69) is 0 Å². The van der Waals surface area contributed by atoms with Crippen LogP contribution in [0.2, 0.25) is 0 Å². The molecule has 0 saturated carbocycles. The van der Waals surface area contributed by atoms with Gasteiger partial charge in [-0.15, -0.1) is 0 Å². The van der Waals surface area contributed by atoms with Gasteiger partial charge in [-0.1, -0.05) is 53.3 Å². The van der Waals surface area contributed by atoms with E-state index >= 15 is 0 Å². The average Bonchev–Trinajstić information content (AvgIpc) is 2.51. The number of rotatable bonds is 5. The van der Waals surface area contributed by atoms with Crippen molar-refractivity contribution in [2.24, 2.45) is 0 Å². The molecule has 0 aromatic heterocycles. The van der Waals surface area contributed by atoms with Crippen molar-refractivity contribution in [3.05, 3.63) is 53.6 Å². The summed E-state index contributed by atoms with van der Waals surface area (Å²) < 4.78 is 25.1. The molecule has 0 N–H and O–H groups in total. The van der Waals surface area contributed by atoms with Crippen LogP contribution in [-0.4, -0.2) is 23.5 Å². The molecule has 124 valence electrons. The SMILES string of the molecule is CC(=O)C(C)S(=O)(=O)C1(Sc2ccc(C)cc2)C=CC(C)=CC1. The second-order valence-corrected chi connectivity index (χ2v) is 10.2. The highest BCUT2D eigenvalue weighted by molar-refractivity contribution is 8.15. The number of hydrogen-bond donors (Lipinski definition) is 0. The molecular weight excluding hydrogens is 328 g/mol. The summed E-state index contributed by atoms with van der Waals surface area (Å²) in [4.78, 5) is 12.6. The molecule has 2 atom stereocenters. The van der Waals surface area contributed by atoms with Crippen molar-refractivity contribution in [1.29, 1.82) is 0 Å². The van der Waals surface area contributed by atoms with Crippen molar-refractivity contribution >= 4 is 27.4 Å². The van der Waals surface area contributed by atoms with E-state index in [1.165, 1.54) is 25.6 Å². The molecule has 0 radical (unpaired) electrons. The van der Waals surface area contributed by atoms with Crippen molar-refractivity contribution < 1.29 is 13.2 Å². The van der Waals surface area contributed by atoms with Crippen LogP contribution >= 0.6 is 11.8 Å². The zero-order valence-electron chi connectivity index (χ0n) is 13.9. The predicted molar refractivity (Wildman–Crippen MR) is 96.3 cm³/mol. The van der Waals surface area contributed by atoms with Crippen LogP contribution < -0.4 is 0 Å². The maximum atomic E-state index is 13.1. The molecule has 1 aliphatic carbocycles. The van der Waals surface area contributed by atoms with Gasteiger partial charge in [0.15, 0.2) is 9.84 Å². The van der Waals surface area contributed by atoms with Gasteiger partial charge in [0.05, 0.1) is 0 Å². The van der Waals surface area contributed by atoms with Crippen LogP contribution in [-0.2, 0) is 14.6 Å². The Hall–Kier alpha value is -1.33. The number of Topliss-reactive ketones (excluding diaryl/α,β-unsaturated/α-hetero) is 1. The fraction of sp³-hybridized carbons (Fsp3) is 0.389. The number of aryl methyl sites for hydroxylation is 1. The lowest BCUT2D eigenvalue weighted by atomic mass is 10.1. The number of thioether (sulfide) groups is 1. The quantitative estimate of drug-likeness (QED) is 0.803. The van der Waals surface area contributed by atoms with Gasteiger partial charge < -0.3 is 0 Å². The fourth-order valence-corrected chi connectivity index (χ4v) is 6.14. The summed E-state index contributed by atoms with van der Waals surface area (Å²) in [7, 11) is -3.67. The highest BCUT2D eigenvalue weighted by atomic mass is 32.3. The van der Waals surface area contributed by atoms with Gasteiger partial charge in [-0.2, -0.15) is 0 Å². The Labute approximate surface area is 142 Å². The van der Waals surface area contributed by atoms with E-state index in [0.717, 1.165) is 16.0 Å². The van der Waals surface area contributed by atoms with Gasteiger partial charge in [0.1, 0.15) is 15.1 Å². The minimum Gasteiger partial charge on any atom is -0.299 e. The molecule has 0 aliphatic heterocycles. The Bertz CT molecular complexity index is 758. The molecular formula is C18H22O3S2. The topological polar surface area (TPSA) is 51.2 Å². The van der Waals surface area contributed by atoms with Gasteiger partial charge in [-0.05, 0) is 46.2 Å². The molecule has 3 nitrogen and oxygen atoms in total. The number of carbonyl (C=O) groups is 1. The molecule has 1 aromatic carbocycles. The number of allylic oxidation sites excluding steroid dienone is 3. The van der Waals surface area contributed by atoms with Gasteiger partial charge >= 0.3 is 0 Å². The largest absolute Gasteiger partial charge is 0.299 e. The molecule has 5 heteroatoms. The van der Waals surface area contributed by atoms with Crippen molar-refractivity contribution in [1.82, 2.24) is 0 Å². The molecule has 2 rings (SSSR count). The van der Waals surface area contributed by atoms with Gasteiger partial charge in [0, 0.05) is 4.90 Å². The van der Waals surface area contributed by atoms with Crippen LogP contribution in [0.1, 0.15) is 32.8 Å². The van der Waals surface area contributed by atoms with E-state index in [0.29, 0.717) is 6.42 Å². The van der Waals surface area contributed by atoms with Crippen molar-refractivity contribution in [3.8, 4) is 0 Å². The third-order valence-electron chi connectivity index (χ3n) is 4.14. The van der Waals surface area contributed by atoms with Crippen LogP contribution in [0.5, 0.6) is 0 Å². The third kappa shape index (κ3) is 3.61. The first-order chi connectivity index (χ1) is 10.7. The van der Waals surface area contributed by atoms with E-state index in [4.69, 9.17) is 0 Å². The second-order valence-electron chi connectivity index (χ2n) is 6.01. The molecule has 0 heterocycles. The average molecular weight is 351 g/mol. The molecule has 23 heavy (non-hydrogen) atoms. The summed E-state index contributed by atoms with van der Waals surface area (Å²) in [5, 5.41) is -1.02. The predicted octanol–water partition coefficient (Wildman–Crippen LogP) is 4.08. The second kappa shape index (κ2) is 6.65. The summed E-state index contributed by atoms with van der Waals surface area (Å²) in [6.07, 6.45) is 5.86. The lowest BCUT2D eigenvalue weighted by molar-refractivity contribution is -0.116. The van der Waals surface area contributed by atoms with E-state index in [-0.39, 0.29) is 5.78 Å². The number of sulfone groups is 1. The maximum absolute atomic E-state index is 13.1. The van der Waals surface area contributed by atoms with Crippen molar-refractivity contribution in [2.45, 2.75) is 48.3 Å². The Morgan fingerprint density at radius 1 is 1.22 bits per heavy atom. The third-order valence-corrected chi connectivity index (χ3v) is 8.77. The summed E-state index contributed by atoms with van der Waals surface area (Å²) >= 11 is 1.30. The number of hydrogen-bond acceptors (Lipinski definition) is 4. The first-order valence-electron chi connectivity index (χ1n) is 7.53. The zero-order valence-corrected chi connectivity index (χ0v) is 15.5. The van der Waals surface area contributed by atoms with E-state index in [1.807, 2.05) is 50.3 Å². The van der Waals surface area contributed by atoms with Crippen LogP contribution in [0, 0.1) is 6.92 Å². The van der Waals surface area contributed by atoms with Crippen LogP contribution in [0.15, 0.2) is 53.0 Å². The maximum Gasteiger partial charge on any atom is 0.179 e. The number of benzene rings is 1. The minimum atomic E-state index is -3.67. The Morgan fingerprint density at radius 3 is 2.30 bits per heavy atom. The smallest absolute Gasteiger partial charge is 0.179 e. The van der Waals surface area contributed by atoms with Gasteiger partial charge in [0.25, 0.3) is 0 Å². The Kier molecular flexibility index (Phi) is 5.21. The molecule has 2 unspecified atom stereocenters. The summed E-state index contributed by atoms with van der Waals surface area (Å²) in [5.41, 5.74) is 2.16. The van der Waals surface area contributed by atoms with Crippen molar-refractivity contribution in [3.63, 3.8) is 0 Å². The lowest BCUT2D eigenvalue weighted by Gasteiger charge is -2.33. The highest BCUT2D eigenvalue weighted by Gasteiger charge is 2.47. The molecule has 0 spiro atoms. The normalized spacial score (nSPS) is 22.5. The minimum absolute atomic E-state index is 0.325. The highest BCUT2D eigenvalue weighted by Crippen LogP contribution is 2.45. The van der Waals surface area contributed by atoms with Crippen LogP contribution in [0.25, 0.3) is 0 Å². The summed E-state index contributed by atoms with van der Waals surface area (Å²) in [6.45, 7) is 6.75. The molecule has 1 aromatic rings. The Balaban J connectivity index is 2.48. The van der Waals surface area contributed by atoms with E-state index < -0.39 is 19.2 Å². The van der Waals surface area contributed by atoms with Gasteiger partial charge in [-0.3, -0.25) is 4.79 Å². The lowest BCUT2D eigenvalue weighted by Crippen LogP contribution is -2.42. The van der Waals surface area contributed by atoms with Gasteiger partial charge in [-0.25, -0.2) is 8.42 Å². The van der Waals surface area contributed by atoms with E-state index in [1.54, 1.807) is 6.08 Å². The Morgan fingerprint density at radius 2 is 1.83 bits per heavy atom. The first-order valence-corrected chi connectivity index (χ1v) is 9.90. The molecule has 0 saturated heterocycles. The molecule has 0 bridgehead atoms. The van der Waals surface area contributed by atoms with Crippen LogP contribution in [0.4, 0.5) is 0 Å². The fourth-order valence-electron chi connectivity index (χ4n) is 2.37. The summed E-state index contributed by atoms with van der Waals surface area (Å²) in [6, 6.07) is 7.78. The number of carbonyl (C=O) groups excluding carboxylic acids is 1. The standard InChI is InChI=1S/C18H22O3S2/c1-13-5-7-17(8-6-13)22-18(11-9-14(2)10-12-18)23(20,21)16(4)15(3)19/h5-11,16H,12H2,1-4H3. The van der Waals surface area contributed by atoms with Crippen LogP contribution in [0.3, 0.4) is 0 Å². The number of ketones is 1. The monoisotopic (exact) mass is 350 g/mol. The first kappa shape index (κ1) is 18.0. The van der Waals surface area contributed by atoms with Gasteiger partial charge in [0.2, 0.25) is 0 Å². The molecule has 0 amide bonds.